The Morgan fingerprint density at radius 1 is 0.976 bits per heavy atom. The van der Waals surface area contributed by atoms with Gasteiger partial charge in [-0.25, -0.2) is 0 Å². The molecule has 1 aromatic heterocycles. The van der Waals surface area contributed by atoms with Crippen LogP contribution in [0.15, 0.2) is 85.1 Å². The number of nitro benzene ring substituents is 1. The zero-order valence-corrected chi connectivity index (χ0v) is 23.3. The number of carbonyl (C=O) groups excluding carboxylic acids is 2. The molecule has 0 saturated carbocycles. The molecule has 3 aromatic carbocycles. The van der Waals surface area contributed by atoms with Crippen molar-refractivity contribution in [2.75, 3.05) is 26.7 Å². The van der Waals surface area contributed by atoms with Crippen molar-refractivity contribution in [3.8, 4) is 5.75 Å². The number of carbonyl (C=O) groups is 2. The highest BCUT2D eigenvalue weighted by Crippen LogP contribution is 2.20. The number of hydrogen-bond donors (Lipinski definition) is 1. The molecule has 212 valence electrons. The van der Waals surface area contributed by atoms with E-state index in [0.717, 1.165) is 27.8 Å². The minimum atomic E-state index is -0.469. The van der Waals surface area contributed by atoms with E-state index in [4.69, 9.17) is 4.74 Å². The first kappa shape index (κ1) is 29.1. The van der Waals surface area contributed by atoms with Crippen LogP contribution in [0.25, 0.3) is 17.0 Å². The van der Waals surface area contributed by atoms with Gasteiger partial charge in [-0.05, 0) is 65.9 Å². The van der Waals surface area contributed by atoms with Gasteiger partial charge >= 0.3 is 0 Å². The Labute approximate surface area is 239 Å². The first-order chi connectivity index (χ1) is 19.9. The normalized spacial score (nSPS) is 11.1. The summed E-state index contributed by atoms with van der Waals surface area (Å²) in [5, 5.41) is 12.0. The number of ether oxygens (including phenoxy) is 1. The van der Waals surface area contributed by atoms with Crippen molar-refractivity contribution in [2.45, 2.75) is 26.3 Å². The van der Waals surface area contributed by atoms with Crippen molar-refractivity contribution in [3.05, 3.63) is 112 Å². The molecule has 9 nitrogen and oxygen atoms in total. The zero-order valence-electron chi connectivity index (χ0n) is 23.3. The minimum absolute atomic E-state index is 0.0173. The molecule has 4 rings (SSSR count). The average molecular weight is 555 g/mol. The van der Waals surface area contributed by atoms with E-state index in [1.807, 2.05) is 55.6 Å². The van der Waals surface area contributed by atoms with Crippen molar-refractivity contribution >= 4 is 34.5 Å². The molecule has 0 radical (unpaired) electrons. The summed E-state index contributed by atoms with van der Waals surface area (Å²) < 4.78 is 5.27. The number of non-ortho nitro benzene ring substituents is 1. The number of aromatic nitrogens is 1. The van der Waals surface area contributed by atoms with Gasteiger partial charge in [0.2, 0.25) is 11.8 Å². The summed E-state index contributed by atoms with van der Waals surface area (Å²) in [6.07, 6.45) is 6.34. The van der Waals surface area contributed by atoms with Gasteiger partial charge in [-0.1, -0.05) is 37.3 Å². The van der Waals surface area contributed by atoms with E-state index in [2.05, 4.69) is 11.1 Å². The summed E-state index contributed by atoms with van der Waals surface area (Å²) in [5.41, 5.74) is 3.78. The average Bonchev–Trinajstić information content (AvgIpc) is 3.41. The maximum absolute atomic E-state index is 13.7. The fourth-order valence-corrected chi connectivity index (χ4v) is 4.62. The molecule has 0 spiro atoms. The molecule has 0 fully saturated rings. The summed E-state index contributed by atoms with van der Waals surface area (Å²) >= 11 is 0. The molecule has 0 bridgehead atoms. The third-order valence-electron chi connectivity index (χ3n) is 6.86. The van der Waals surface area contributed by atoms with Gasteiger partial charge in [-0.3, -0.25) is 19.7 Å². The van der Waals surface area contributed by atoms with Crippen molar-refractivity contribution in [3.63, 3.8) is 0 Å². The fourth-order valence-electron chi connectivity index (χ4n) is 4.62. The molecule has 0 atom stereocenters. The Morgan fingerprint density at radius 2 is 1.71 bits per heavy atom. The van der Waals surface area contributed by atoms with E-state index in [1.165, 1.54) is 23.1 Å². The molecule has 9 heteroatoms. The second-order valence-electron chi connectivity index (χ2n) is 9.71. The molecule has 0 aliphatic heterocycles. The number of nitro groups is 1. The quantitative estimate of drug-likeness (QED) is 0.131. The number of aromatic amines is 1. The molecule has 0 unspecified atom stereocenters. The number of hydrogen-bond acceptors (Lipinski definition) is 5. The lowest BCUT2D eigenvalue weighted by Crippen LogP contribution is -2.43. The highest BCUT2D eigenvalue weighted by atomic mass is 16.6. The Bertz CT molecular complexity index is 1510. The fraction of sp³-hybridized carbons (Fsp3) is 0.250. The van der Waals surface area contributed by atoms with Gasteiger partial charge in [0, 0.05) is 54.9 Å². The van der Waals surface area contributed by atoms with E-state index >= 15 is 0 Å². The van der Waals surface area contributed by atoms with Gasteiger partial charge in [0.1, 0.15) is 12.3 Å². The summed E-state index contributed by atoms with van der Waals surface area (Å²) in [6, 6.07) is 21.6. The van der Waals surface area contributed by atoms with Crippen molar-refractivity contribution in [1.82, 2.24) is 14.8 Å². The monoisotopic (exact) mass is 554 g/mol. The van der Waals surface area contributed by atoms with Gasteiger partial charge in [-0.2, -0.15) is 0 Å². The highest BCUT2D eigenvalue weighted by Gasteiger charge is 2.21. The number of nitrogens with one attached hydrogen (secondary N) is 1. The summed E-state index contributed by atoms with van der Waals surface area (Å²) in [6.45, 7) is 3.21. The molecule has 4 aromatic rings. The minimum Gasteiger partial charge on any atom is -0.497 e. The third-order valence-corrected chi connectivity index (χ3v) is 6.86. The lowest BCUT2D eigenvalue weighted by molar-refractivity contribution is -0.384. The SMILES string of the molecule is CCCN(CC(=O)N(CCc1c[nH]c2ccccc12)Cc1ccc(OC)cc1)C(=O)/C=C/c1ccc([N+](=O)[O-])cc1. The highest BCUT2D eigenvalue weighted by molar-refractivity contribution is 5.94. The summed E-state index contributed by atoms with van der Waals surface area (Å²) in [5.74, 6) is 0.302. The summed E-state index contributed by atoms with van der Waals surface area (Å²) in [4.78, 5) is 43.8. The number of amides is 2. The van der Waals surface area contributed by atoms with Crippen LogP contribution in [-0.4, -0.2) is 58.3 Å². The number of benzene rings is 3. The van der Waals surface area contributed by atoms with Gasteiger partial charge in [0.05, 0.1) is 12.0 Å². The van der Waals surface area contributed by atoms with Crippen LogP contribution in [0.3, 0.4) is 0 Å². The van der Waals surface area contributed by atoms with Crippen LogP contribution in [0, 0.1) is 10.1 Å². The van der Waals surface area contributed by atoms with E-state index in [9.17, 15) is 19.7 Å². The van der Waals surface area contributed by atoms with Crippen LogP contribution in [0.5, 0.6) is 5.75 Å². The molecule has 1 N–H and O–H groups in total. The topological polar surface area (TPSA) is 109 Å². The van der Waals surface area contributed by atoms with Crippen LogP contribution < -0.4 is 4.74 Å². The van der Waals surface area contributed by atoms with Crippen LogP contribution in [0.2, 0.25) is 0 Å². The Morgan fingerprint density at radius 3 is 2.39 bits per heavy atom. The van der Waals surface area contributed by atoms with Crippen LogP contribution in [0.1, 0.15) is 30.0 Å². The second-order valence-corrected chi connectivity index (χ2v) is 9.71. The van der Waals surface area contributed by atoms with Crippen LogP contribution in [0.4, 0.5) is 5.69 Å². The van der Waals surface area contributed by atoms with E-state index < -0.39 is 4.92 Å². The van der Waals surface area contributed by atoms with Gasteiger partial charge in [0.25, 0.3) is 5.69 Å². The van der Waals surface area contributed by atoms with Crippen molar-refractivity contribution in [1.29, 1.82) is 0 Å². The predicted molar refractivity (Wildman–Crippen MR) is 159 cm³/mol. The molecule has 0 aliphatic rings. The zero-order chi connectivity index (χ0) is 29.2. The predicted octanol–water partition coefficient (Wildman–Crippen LogP) is 5.61. The smallest absolute Gasteiger partial charge is 0.269 e. The number of H-pyrrole nitrogens is 1. The lowest BCUT2D eigenvalue weighted by atomic mass is 10.1. The number of fused-ring (bicyclic) bond motifs is 1. The molecule has 41 heavy (non-hydrogen) atoms. The number of methoxy groups -OCH3 is 1. The largest absolute Gasteiger partial charge is 0.497 e. The molecule has 0 saturated heterocycles. The number of nitrogens with zero attached hydrogens (tertiary/aromatic N) is 3. The maximum atomic E-state index is 13.7. The van der Waals surface area contributed by atoms with E-state index in [-0.39, 0.29) is 24.0 Å². The molecule has 2 amide bonds. The van der Waals surface area contributed by atoms with Crippen LogP contribution in [-0.2, 0) is 22.6 Å². The Kier molecular flexibility index (Phi) is 9.88. The standard InChI is InChI=1S/C32H34N4O5/c1-3-19-34(31(37)17-12-24-8-13-27(14-9-24)36(39)40)23-32(38)35(22-25-10-15-28(41-2)16-11-25)20-18-26-21-33-30-7-5-4-6-29(26)30/h4-17,21,33H,3,18-20,22-23H2,1-2H3/b17-12+. The first-order valence-electron chi connectivity index (χ1n) is 13.5. The third kappa shape index (κ3) is 7.82. The summed E-state index contributed by atoms with van der Waals surface area (Å²) in [7, 11) is 1.61. The molecular weight excluding hydrogens is 520 g/mol. The molecule has 1 heterocycles. The van der Waals surface area contributed by atoms with Gasteiger partial charge in [-0.15, -0.1) is 0 Å². The first-order valence-corrected chi connectivity index (χ1v) is 13.5. The van der Waals surface area contributed by atoms with Crippen molar-refractivity contribution in [2.24, 2.45) is 0 Å². The Hall–Kier alpha value is -4.92. The second kappa shape index (κ2) is 13.9. The number of para-hydroxylation sites is 1. The number of rotatable bonds is 13. The van der Waals surface area contributed by atoms with E-state index in [1.54, 1.807) is 30.2 Å². The van der Waals surface area contributed by atoms with E-state index in [0.29, 0.717) is 38.0 Å². The Balaban J connectivity index is 1.49. The van der Waals surface area contributed by atoms with Crippen molar-refractivity contribution < 1.29 is 19.2 Å². The van der Waals surface area contributed by atoms with Gasteiger partial charge < -0.3 is 19.5 Å². The molecule has 0 aliphatic carbocycles. The van der Waals surface area contributed by atoms with Crippen LogP contribution >= 0.6 is 0 Å². The maximum Gasteiger partial charge on any atom is 0.269 e. The molecular formula is C32H34N4O5. The van der Waals surface area contributed by atoms with Gasteiger partial charge in [0.15, 0.2) is 0 Å². The lowest BCUT2D eigenvalue weighted by Gasteiger charge is -2.27.